The summed E-state index contributed by atoms with van der Waals surface area (Å²) in [5, 5.41) is 0. The summed E-state index contributed by atoms with van der Waals surface area (Å²) in [4.78, 5) is 11.8. The van der Waals surface area contributed by atoms with E-state index in [2.05, 4.69) is 0 Å². The quantitative estimate of drug-likeness (QED) is 0.652. The smallest absolute Gasteiger partial charge is 0.170 e. The molecule has 2 aliphatic rings. The third kappa shape index (κ3) is 1.26. The molecule has 1 aromatic carbocycles. The van der Waals surface area contributed by atoms with E-state index >= 15 is 0 Å². The predicted octanol–water partition coefficient (Wildman–Crippen LogP) is 2.71. The van der Waals surface area contributed by atoms with Crippen molar-refractivity contribution in [1.82, 2.24) is 0 Å². The Bertz CT molecular complexity index is 435. The zero-order valence-corrected chi connectivity index (χ0v) is 8.25. The van der Waals surface area contributed by atoms with Crippen LogP contribution in [-0.4, -0.2) is 11.4 Å². The second-order valence-corrected chi connectivity index (χ2v) is 4.38. The van der Waals surface area contributed by atoms with E-state index in [0.717, 1.165) is 19.3 Å². The molecule has 1 fully saturated rings. The Morgan fingerprint density at radius 1 is 1.33 bits per heavy atom. The predicted molar refractivity (Wildman–Crippen MR) is 52.6 cm³/mol. The number of ether oxygens (including phenoxy) is 1. The van der Waals surface area contributed by atoms with Gasteiger partial charge in [0.05, 0.1) is 12.0 Å². The lowest BCUT2D eigenvalue weighted by atomic mass is 9.74. The van der Waals surface area contributed by atoms with Gasteiger partial charge in [0.15, 0.2) is 5.78 Å². The van der Waals surface area contributed by atoms with Crippen molar-refractivity contribution in [1.29, 1.82) is 0 Å². The number of carbonyl (C=O) groups excluding carboxylic acids is 1. The fourth-order valence-corrected chi connectivity index (χ4v) is 2.32. The van der Waals surface area contributed by atoms with Crippen LogP contribution in [0, 0.1) is 5.82 Å². The molecule has 0 atom stereocenters. The fourth-order valence-electron chi connectivity index (χ4n) is 2.32. The lowest BCUT2D eigenvalue weighted by Gasteiger charge is -2.44. The minimum absolute atomic E-state index is 0.0796. The molecule has 3 heteroatoms. The van der Waals surface area contributed by atoms with Crippen molar-refractivity contribution >= 4 is 5.78 Å². The Kier molecular flexibility index (Phi) is 1.67. The molecule has 1 heterocycles. The van der Waals surface area contributed by atoms with Gasteiger partial charge in [0.1, 0.15) is 17.2 Å². The molecule has 0 aromatic heterocycles. The van der Waals surface area contributed by atoms with Gasteiger partial charge in [-0.3, -0.25) is 4.79 Å². The van der Waals surface area contributed by atoms with Crippen molar-refractivity contribution in [3.63, 3.8) is 0 Å². The number of carbonyl (C=O) groups is 1. The van der Waals surface area contributed by atoms with Gasteiger partial charge in [-0.25, -0.2) is 4.39 Å². The Morgan fingerprint density at radius 3 is 2.80 bits per heavy atom. The summed E-state index contributed by atoms with van der Waals surface area (Å²) in [7, 11) is 0. The van der Waals surface area contributed by atoms with Crippen molar-refractivity contribution in [3.05, 3.63) is 29.6 Å². The molecule has 0 unspecified atom stereocenters. The van der Waals surface area contributed by atoms with Crippen molar-refractivity contribution in [2.75, 3.05) is 0 Å². The molecule has 1 aromatic rings. The second-order valence-electron chi connectivity index (χ2n) is 4.38. The van der Waals surface area contributed by atoms with Crippen molar-refractivity contribution in [3.8, 4) is 5.75 Å². The normalized spacial score (nSPS) is 21.8. The first kappa shape index (κ1) is 8.89. The zero-order chi connectivity index (χ0) is 10.5. The number of hydrogen-bond acceptors (Lipinski definition) is 2. The summed E-state index contributed by atoms with van der Waals surface area (Å²) >= 11 is 0. The average Bonchev–Trinajstić information content (AvgIpc) is 2.14. The Morgan fingerprint density at radius 2 is 2.13 bits per heavy atom. The van der Waals surface area contributed by atoms with E-state index in [9.17, 15) is 9.18 Å². The first-order valence-corrected chi connectivity index (χ1v) is 5.20. The molecule has 0 saturated heterocycles. The monoisotopic (exact) mass is 206 g/mol. The maximum atomic E-state index is 13.0. The standard InChI is InChI=1S/C12H11FO2/c13-8-2-3-9-10(14)7-12(4-1-5-12)15-11(9)6-8/h2-3,6H,1,4-5,7H2. The van der Waals surface area contributed by atoms with E-state index in [1.807, 2.05) is 0 Å². The number of rotatable bonds is 0. The van der Waals surface area contributed by atoms with Gasteiger partial charge >= 0.3 is 0 Å². The van der Waals surface area contributed by atoms with Crippen LogP contribution in [0.1, 0.15) is 36.0 Å². The van der Waals surface area contributed by atoms with Crippen LogP contribution in [0.15, 0.2) is 18.2 Å². The van der Waals surface area contributed by atoms with E-state index in [-0.39, 0.29) is 17.2 Å². The number of fused-ring (bicyclic) bond motifs is 1. The molecule has 1 saturated carbocycles. The molecule has 0 bridgehead atoms. The molecule has 1 spiro atoms. The van der Waals surface area contributed by atoms with Gasteiger partial charge in [-0.05, 0) is 31.4 Å². The first-order chi connectivity index (χ1) is 7.19. The number of ketones is 1. The zero-order valence-electron chi connectivity index (χ0n) is 8.25. The lowest BCUT2D eigenvalue weighted by Crippen LogP contribution is -2.47. The van der Waals surface area contributed by atoms with Crippen LogP contribution in [0.5, 0.6) is 5.75 Å². The highest BCUT2D eigenvalue weighted by Gasteiger charge is 2.45. The van der Waals surface area contributed by atoms with Crippen LogP contribution >= 0.6 is 0 Å². The van der Waals surface area contributed by atoms with Gasteiger partial charge in [0, 0.05) is 6.07 Å². The van der Waals surface area contributed by atoms with Gasteiger partial charge in [-0.15, -0.1) is 0 Å². The third-order valence-electron chi connectivity index (χ3n) is 3.32. The molecule has 1 aliphatic heterocycles. The number of halogens is 1. The summed E-state index contributed by atoms with van der Waals surface area (Å²) in [5.74, 6) is 0.153. The van der Waals surface area contributed by atoms with Crippen LogP contribution in [0.2, 0.25) is 0 Å². The number of benzene rings is 1. The van der Waals surface area contributed by atoms with Gasteiger partial charge in [0.2, 0.25) is 0 Å². The topological polar surface area (TPSA) is 26.3 Å². The summed E-state index contributed by atoms with van der Waals surface area (Å²) in [5.41, 5.74) is 0.214. The van der Waals surface area contributed by atoms with E-state index in [0.29, 0.717) is 17.7 Å². The molecule has 2 nitrogen and oxygen atoms in total. The van der Waals surface area contributed by atoms with Crippen LogP contribution in [0.25, 0.3) is 0 Å². The minimum Gasteiger partial charge on any atom is -0.486 e. The van der Waals surface area contributed by atoms with Crippen LogP contribution in [0.3, 0.4) is 0 Å². The molecule has 0 radical (unpaired) electrons. The summed E-state index contributed by atoms with van der Waals surface area (Å²) in [6, 6.07) is 4.13. The molecular formula is C12H11FO2. The lowest BCUT2D eigenvalue weighted by molar-refractivity contribution is -0.0179. The third-order valence-corrected chi connectivity index (χ3v) is 3.32. The maximum absolute atomic E-state index is 13.0. The highest BCUT2D eigenvalue weighted by atomic mass is 19.1. The number of hydrogen-bond donors (Lipinski definition) is 0. The molecule has 1 aliphatic carbocycles. The second kappa shape index (κ2) is 2.81. The van der Waals surface area contributed by atoms with Crippen molar-refractivity contribution < 1.29 is 13.9 Å². The molecule has 0 N–H and O–H groups in total. The summed E-state index contributed by atoms with van der Waals surface area (Å²) in [6.45, 7) is 0. The Balaban J connectivity index is 2.05. The number of Topliss-reactive ketones (excluding diaryl/α,β-unsaturated/α-hetero) is 1. The minimum atomic E-state index is -0.349. The fraction of sp³-hybridized carbons (Fsp3) is 0.417. The SMILES string of the molecule is O=C1CC2(CCC2)Oc2cc(F)ccc21. The highest BCUT2D eigenvalue weighted by molar-refractivity contribution is 6.00. The Labute approximate surface area is 87.0 Å². The van der Waals surface area contributed by atoms with E-state index in [1.54, 1.807) is 0 Å². The average molecular weight is 206 g/mol. The van der Waals surface area contributed by atoms with E-state index in [4.69, 9.17) is 4.74 Å². The van der Waals surface area contributed by atoms with Crippen LogP contribution in [0.4, 0.5) is 4.39 Å². The van der Waals surface area contributed by atoms with Crippen molar-refractivity contribution in [2.45, 2.75) is 31.3 Å². The van der Waals surface area contributed by atoms with Gasteiger partial charge < -0.3 is 4.74 Å². The summed E-state index contributed by atoms with van der Waals surface area (Å²) in [6.07, 6.45) is 3.37. The van der Waals surface area contributed by atoms with E-state index in [1.165, 1.54) is 18.2 Å². The maximum Gasteiger partial charge on any atom is 0.170 e. The summed E-state index contributed by atoms with van der Waals surface area (Å²) < 4.78 is 18.7. The Hall–Kier alpha value is -1.38. The van der Waals surface area contributed by atoms with E-state index < -0.39 is 0 Å². The van der Waals surface area contributed by atoms with Gasteiger partial charge in [0.25, 0.3) is 0 Å². The van der Waals surface area contributed by atoms with Gasteiger partial charge in [-0.1, -0.05) is 0 Å². The highest BCUT2D eigenvalue weighted by Crippen LogP contribution is 2.44. The molecule has 78 valence electrons. The molecular weight excluding hydrogens is 195 g/mol. The molecule has 15 heavy (non-hydrogen) atoms. The first-order valence-electron chi connectivity index (χ1n) is 5.20. The van der Waals surface area contributed by atoms with Crippen LogP contribution < -0.4 is 4.74 Å². The molecule has 3 rings (SSSR count). The van der Waals surface area contributed by atoms with Crippen molar-refractivity contribution in [2.24, 2.45) is 0 Å². The van der Waals surface area contributed by atoms with Gasteiger partial charge in [-0.2, -0.15) is 0 Å². The largest absolute Gasteiger partial charge is 0.486 e. The molecule has 0 amide bonds. The van der Waals surface area contributed by atoms with Crippen LogP contribution in [-0.2, 0) is 0 Å².